The Morgan fingerprint density at radius 2 is 2.22 bits per heavy atom. The van der Waals surface area contributed by atoms with Crippen molar-refractivity contribution in [2.75, 3.05) is 31.8 Å². The Labute approximate surface area is 132 Å². The Kier molecular flexibility index (Phi) is 4.01. The van der Waals surface area contributed by atoms with Crippen molar-refractivity contribution in [1.82, 2.24) is 15.0 Å². The van der Waals surface area contributed by atoms with Crippen LogP contribution in [-0.2, 0) is 4.74 Å². The van der Waals surface area contributed by atoms with Gasteiger partial charge in [-0.1, -0.05) is 0 Å². The molecule has 2 aliphatic rings. The van der Waals surface area contributed by atoms with Crippen LogP contribution in [0.2, 0.25) is 0 Å². The molecule has 2 aromatic rings. The van der Waals surface area contributed by atoms with Gasteiger partial charge in [-0.05, 0) is 13.3 Å². The van der Waals surface area contributed by atoms with Gasteiger partial charge in [0, 0.05) is 24.7 Å². The molecule has 0 aromatic carbocycles. The number of pyridine rings is 1. The lowest BCUT2D eigenvalue weighted by Gasteiger charge is -2.23. The first kappa shape index (κ1) is 15.8. The van der Waals surface area contributed by atoms with Gasteiger partial charge in [0.25, 0.3) is 0 Å². The molecule has 0 N–H and O–H groups in total. The largest absolute Gasteiger partial charge is 0.467 e. The van der Waals surface area contributed by atoms with Gasteiger partial charge in [0.15, 0.2) is 5.82 Å². The van der Waals surface area contributed by atoms with Gasteiger partial charge in [0.1, 0.15) is 11.3 Å². The molecule has 1 saturated heterocycles. The highest BCUT2D eigenvalue weighted by molar-refractivity contribution is 5.90. The molecule has 6 nitrogen and oxygen atoms in total. The van der Waals surface area contributed by atoms with Crippen LogP contribution in [0.4, 0.5) is 14.9 Å². The van der Waals surface area contributed by atoms with Crippen molar-refractivity contribution in [3.63, 3.8) is 0 Å². The van der Waals surface area contributed by atoms with Crippen LogP contribution in [0, 0.1) is 18.7 Å². The smallest absolute Gasteiger partial charge is 0.318 e. The van der Waals surface area contributed by atoms with Gasteiger partial charge in [-0.3, -0.25) is 9.69 Å². The molecule has 2 atom stereocenters. The predicted octanol–water partition coefficient (Wildman–Crippen LogP) is 1.86. The van der Waals surface area contributed by atoms with Crippen LogP contribution in [0.15, 0.2) is 6.20 Å². The minimum Gasteiger partial charge on any atom is -0.467 e. The molecular weight excluding hydrogens is 306 g/mol. The minimum atomic E-state index is -0.419. The van der Waals surface area contributed by atoms with Gasteiger partial charge in [-0.25, -0.2) is 4.39 Å². The first-order chi connectivity index (χ1) is 10.7. The van der Waals surface area contributed by atoms with Crippen LogP contribution in [-0.4, -0.2) is 47.9 Å². The molecule has 2 fully saturated rings. The third-order valence-electron chi connectivity index (χ3n) is 4.37. The van der Waals surface area contributed by atoms with E-state index in [9.17, 15) is 4.39 Å². The van der Waals surface area contributed by atoms with E-state index in [4.69, 9.17) is 9.47 Å². The molecule has 3 heterocycles. The standard InChI is InChI=1S/C15H17FN4O2.FH/c1-8-12(16)13-10(6-17-8)14(19-15(18-13)21-2)20-3-4-22-7-9-5-11(9)20;/h6,9,11H,3-5,7H2,1-2H3;1H/t9-,11-;/m1./s1. The summed E-state index contributed by atoms with van der Waals surface area (Å²) in [4.78, 5) is 14.9. The van der Waals surface area contributed by atoms with E-state index >= 15 is 0 Å². The minimum absolute atomic E-state index is 0. The molecule has 1 aliphatic carbocycles. The van der Waals surface area contributed by atoms with E-state index in [-0.39, 0.29) is 16.2 Å². The maximum absolute atomic E-state index is 14.4. The second kappa shape index (κ2) is 5.84. The molecule has 0 spiro atoms. The van der Waals surface area contributed by atoms with Gasteiger partial charge < -0.3 is 14.4 Å². The quantitative estimate of drug-likeness (QED) is 0.840. The number of aryl methyl sites for hydroxylation is 1. The third-order valence-corrected chi connectivity index (χ3v) is 4.37. The summed E-state index contributed by atoms with van der Waals surface area (Å²) in [5.74, 6) is 0.797. The van der Waals surface area contributed by atoms with Crippen LogP contribution in [0.3, 0.4) is 0 Å². The third kappa shape index (κ3) is 2.56. The zero-order valence-corrected chi connectivity index (χ0v) is 13.0. The number of halogens is 2. The van der Waals surface area contributed by atoms with Gasteiger partial charge in [-0.2, -0.15) is 9.97 Å². The number of fused-ring (bicyclic) bond motifs is 2. The summed E-state index contributed by atoms with van der Waals surface area (Å²) in [5.41, 5.74) is 0.583. The monoisotopic (exact) mass is 324 g/mol. The molecule has 124 valence electrons. The highest BCUT2D eigenvalue weighted by Gasteiger charge is 2.44. The second-order valence-corrected chi connectivity index (χ2v) is 5.79. The molecular formula is C15H18F2N4O2. The SMILES string of the molecule is COc1nc(N2CCOC[C@H]3C[C@H]32)c2cnc(C)c(F)c2n1.F. The molecule has 23 heavy (non-hydrogen) atoms. The number of ether oxygens (including phenoxy) is 2. The van der Waals surface area contributed by atoms with Crippen molar-refractivity contribution < 1.29 is 18.6 Å². The van der Waals surface area contributed by atoms with Crippen LogP contribution in [0.1, 0.15) is 12.1 Å². The van der Waals surface area contributed by atoms with Gasteiger partial charge in [0.05, 0.1) is 31.4 Å². The van der Waals surface area contributed by atoms with Crippen molar-refractivity contribution >= 4 is 16.7 Å². The summed E-state index contributed by atoms with van der Waals surface area (Å²) >= 11 is 0. The van der Waals surface area contributed by atoms with Crippen molar-refractivity contribution in [2.45, 2.75) is 19.4 Å². The van der Waals surface area contributed by atoms with Crippen LogP contribution in [0.25, 0.3) is 10.9 Å². The zero-order valence-electron chi connectivity index (χ0n) is 13.0. The Morgan fingerprint density at radius 1 is 1.39 bits per heavy atom. The summed E-state index contributed by atoms with van der Waals surface area (Å²) in [6.45, 7) is 3.78. The Balaban J connectivity index is 0.00000156. The maximum atomic E-state index is 14.4. The van der Waals surface area contributed by atoms with E-state index in [2.05, 4.69) is 19.9 Å². The van der Waals surface area contributed by atoms with E-state index < -0.39 is 5.82 Å². The number of hydrogen-bond donors (Lipinski definition) is 0. The lowest BCUT2D eigenvalue weighted by Crippen LogP contribution is -2.30. The number of methoxy groups -OCH3 is 1. The maximum Gasteiger partial charge on any atom is 0.318 e. The van der Waals surface area contributed by atoms with Crippen molar-refractivity contribution in [1.29, 1.82) is 0 Å². The summed E-state index contributed by atoms with van der Waals surface area (Å²) in [7, 11) is 1.49. The average molecular weight is 324 g/mol. The topological polar surface area (TPSA) is 60.4 Å². The molecule has 1 aliphatic heterocycles. The van der Waals surface area contributed by atoms with E-state index in [1.54, 1.807) is 13.1 Å². The summed E-state index contributed by atoms with van der Waals surface area (Å²) in [5, 5.41) is 0.622. The number of rotatable bonds is 2. The number of anilines is 1. The summed E-state index contributed by atoms with van der Waals surface area (Å²) in [6, 6.07) is 0.573. The number of hydrogen-bond acceptors (Lipinski definition) is 6. The molecule has 1 saturated carbocycles. The molecule has 0 unspecified atom stereocenters. The van der Waals surface area contributed by atoms with Crippen molar-refractivity contribution in [2.24, 2.45) is 5.92 Å². The van der Waals surface area contributed by atoms with Crippen LogP contribution >= 0.6 is 0 Å². The van der Waals surface area contributed by atoms with E-state index in [0.29, 0.717) is 35.5 Å². The zero-order chi connectivity index (χ0) is 15.3. The Bertz CT molecular complexity index is 743. The number of nitrogens with zero attached hydrogens (tertiary/aromatic N) is 4. The fourth-order valence-electron chi connectivity index (χ4n) is 3.04. The van der Waals surface area contributed by atoms with Crippen molar-refractivity contribution in [3.8, 4) is 6.01 Å². The first-order valence-corrected chi connectivity index (χ1v) is 7.40. The molecule has 4 rings (SSSR count). The van der Waals surface area contributed by atoms with E-state index in [1.807, 2.05) is 0 Å². The fraction of sp³-hybridized carbons (Fsp3) is 0.533. The highest BCUT2D eigenvalue weighted by Crippen LogP contribution is 2.41. The Morgan fingerprint density at radius 3 is 3.00 bits per heavy atom. The van der Waals surface area contributed by atoms with Crippen molar-refractivity contribution in [3.05, 3.63) is 17.7 Å². The first-order valence-electron chi connectivity index (χ1n) is 7.40. The predicted molar refractivity (Wildman–Crippen MR) is 81.1 cm³/mol. The highest BCUT2D eigenvalue weighted by atomic mass is 19.1. The molecule has 2 aromatic heterocycles. The van der Waals surface area contributed by atoms with Gasteiger partial charge >= 0.3 is 6.01 Å². The number of aromatic nitrogens is 3. The average Bonchev–Trinajstić information content (AvgIpc) is 3.30. The van der Waals surface area contributed by atoms with E-state index in [0.717, 1.165) is 19.6 Å². The fourth-order valence-corrected chi connectivity index (χ4v) is 3.04. The van der Waals surface area contributed by atoms with Crippen LogP contribution < -0.4 is 9.64 Å². The molecule has 0 radical (unpaired) electrons. The molecule has 0 bridgehead atoms. The van der Waals surface area contributed by atoms with E-state index in [1.165, 1.54) is 7.11 Å². The molecule has 0 amide bonds. The second-order valence-electron chi connectivity index (χ2n) is 5.79. The van der Waals surface area contributed by atoms with Gasteiger partial charge in [-0.15, -0.1) is 0 Å². The molecule has 8 heteroatoms. The van der Waals surface area contributed by atoms with Gasteiger partial charge in [0.2, 0.25) is 0 Å². The summed E-state index contributed by atoms with van der Waals surface area (Å²) in [6.07, 6.45) is 2.72. The normalized spacial score (nSPS) is 23.0. The van der Waals surface area contributed by atoms with Crippen LogP contribution in [0.5, 0.6) is 6.01 Å². The Hall–Kier alpha value is -2.09. The lowest BCUT2D eigenvalue weighted by molar-refractivity contribution is 0.139. The summed E-state index contributed by atoms with van der Waals surface area (Å²) < 4.78 is 25.2. The lowest BCUT2D eigenvalue weighted by atomic mass is 10.2.